The first-order valence-corrected chi connectivity index (χ1v) is 24.7. The molecule has 2 aliphatic rings. The molecule has 0 spiro atoms. The Morgan fingerprint density at radius 2 is 1.67 bits per heavy atom. The van der Waals surface area contributed by atoms with Gasteiger partial charge >= 0.3 is 5.97 Å². The van der Waals surface area contributed by atoms with E-state index in [0.717, 1.165) is 18.4 Å². The Labute approximate surface area is 302 Å². The van der Waals surface area contributed by atoms with Crippen molar-refractivity contribution in [2.75, 3.05) is 0 Å². The lowest BCUT2D eigenvalue weighted by Crippen LogP contribution is -2.46. The molecule has 9 heteroatoms. The van der Waals surface area contributed by atoms with E-state index in [0.29, 0.717) is 24.7 Å². The number of aliphatic hydroxyl groups is 2. The Hall–Kier alpha value is -1.08. The van der Waals surface area contributed by atoms with Crippen LogP contribution in [-0.4, -0.2) is 75.0 Å². The minimum atomic E-state index is -2.20. The largest absolute Gasteiger partial charge is 0.457 e. The van der Waals surface area contributed by atoms with Gasteiger partial charge in [-0.25, -0.2) is 0 Å². The average Bonchev–Trinajstić information content (AvgIpc) is 3.72. The molecule has 1 fully saturated rings. The number of cyclic esters (lactones) is 1. The van der Waals surface area contributed by atoms with Gasteiger partial charge in [-0.2, -0.15) is 0 Å². The number of hydrogen-bond donors (Lipinski definition) is 2. The van der Waals surface area contributed by atoms with Gasteiger partial charge in [-0.15, -0.1) is 0 Å². The predicted octanol–water partition coefficient (Wildman–Crippen LogP) is 9.51. The van der Waals surface area contributed by atoms with E-state index in [-0.39, 0.29) is 46.7 Å². The van der Waals surface area contributed by atoms with Gasteiger partial charge in [0, 0.05) is 17.9 Å². The van der Waals surface area contributed by atoms with Crippen LogP contribution in [0.2, 0.25) is 36.3 Å². The quantitative estimate of drug-likeness (QED) is 0.0681. The fourth-order valence-corrected chi connectivity index (χ4v) is 8.93. The number of esters is 1. The summed E-state index contributed by atoms with van der Waals surface area (Å²) in [4.78, 5) is 13.4. The number of carbonyl (C=O) groups is 1. The van der Waals surface area contributed by atoms with Crippen LogP contribution in [0.15, 0.2) is 36.0 Å². The third-order valence-electron chi connectivity index (χ3n) is 11.8. The molecule has 0 aromatic rings. The standard InChI is InChI=1S/C40H74O7Si2/c1-17-32(47-49(15,16)39(9,10)11)30(5)37-33(44-37)25-27(2)19-18-20-28(3)36-29(4)21-22-34(41)40(12,43)24-23-31(26-35(42)45-36)46-48(13,14)38(6,7)8/h18-22,27,29-34,36-37,41,43H,17,23-26H2,1-16H3. The molecule has 2 rings (SSSR count). The van der Waals surface area contributed by atoms with Gasteiger partial charge in [0.2, 0.25) is 0 Å². The second-order valence-electron chi connectivity index (χ2n) is 18.5. The maximum absolute atomic E-state index is 13.4. The summed E-state index contributed by atoms with van der Waals surface area (Å²) in [6.45, 7) is 34.7. The van der Waals surface area contributed by atoms with Gasteiger partial charge in [0.1, 0.15) is 12.2 Å². The Morgan fingerprint density at radius 3 is 2.22 bits per heavy atom. The van der Waals surface area contributed by atoms with Gasteiger partial charge in [0.25, 0.3) is 0 Å². The summed E-state index contributed by atoms with van der Waals surface area (Å²) in [5, 5.41) is 22.2. The summed E-state index contributed by atoms with van der Waals surface area (Å²) in [7, 11) is -4.06. The topological polar surface area (TPSA) is 97.8 Å². The number of ether oxygens (including phenoxy) is 2. The molecule has 0 aliphatic carbocycles. The average molecular weight is 723 g/mol. The molecule has 0 aromatic carbocycles. The highest BCUT2D eigenvalue weighted by atomic mass is 28.4. The van der Waals surface area contributed by atoms with Crippen molar-refractivity contribution in [3.05, 3.63) is 36.0 Å². The summed E-state index contributed by atoms with van der Waals surface area (Å²) in [6, 6.07) is 0. The molecule has 0 bridgehead atoms. The van der Waals surface area contributed by atoms with E-state index in [1.54, 1.807) is 13.0 Å². The van der Waals surface area contributed by atoms with Crippen molar-refractivity contribution >= 4 is 22.6 Å². The van der Waals surface area contributed by atoms with Gasteiger partial charge in [0.05, 0.1) is 30.3 Å². The lowest BCUT2D eigenvalue weighted by atomic mass is 9.89. The van der Waals surface area contributed by atoms with Crippen molar-refractivity contribution in [2.45, 2.75) is 194 Å². The lowest BCUT2D eigenvalue weighted by Gasteiger charge is -2.40. The number of carbonyl (C=O) groups excluding carboxylic acids is 1. The summed E-state index contributed by atoms with van der Waals surface area (Å²) in [5.41, 5.74) is -0.429. The SMILES string of the molecule is CCC(O[Si](C)(C)C(C)(C)C)C(C)C1OC1CC(C)C=CC=C(C)C1OC(=O)CC(O[Si](C)(C)C(C)(C)C)CCC(C)(O)C(O)C=CC1C. The molecule has 0 aromatic heterocycles. The summed E-state index contributed by atoms with van der Waals surface area (Å²) < 4.78 is 25.8. The van der Waals surface area contributed by atoms with Gasteiger partial charge < -0.3 is 28.5 Å². The van der Waals surface area contributed by atoms with Crippen LogP contribution in [-0.2, 0) is 23.1 Å². The Kier molecular flexibility index (Phi) is 15.4. The number of hydrogen-bond acceptors (Lipinski definition) is 7. The second kappa shape index (κ2) is 17.2. The summed E-state index contributed by atoms with van der Waals surface area (Å²) in [6.07, 6.45) is 11.2. The van der Waals surface area contributed by atoms with E-state index < -0.39 is 40.5 Å². The fourth-order valence-electron chi connectivity index (χ4n) is 6.05. The minimum Gasteiger partial charge on any atom is -0.457 e. The molecule has 1 saturated heterocycles. The van der Waals surface area contributed by atoms with Crippen LogP contribution in [0.4, 0.5) is 0 Å². The van der Waals surface area contributed by atoms with Crippen LogP contribution in [0.1, 0.15) is 115 Å². The Bertz CT molecular complexity index is 1160. The maximum atomic E-state index is 13.4. The third-order valence-corrected chi connectivity index (χ3v) is 20.9. The van der Waals surface area contributed by atoms with Crippen LogP contribution in [0, 0.1) is 17.8 Å². The number of rotatable bonds is 12. The number of allylic oxidation sites excluding steroid dienone is 3. The van der Waals surface area contributed by atoms with Crippen molar-refractivity contribution in [3.63, 3.8) is 0 Å². The molecule has 0 radical (unpaired) electrons. The van der Waals surface area contributed by atoms with Gasteiger partial charge in [-0.3, -0.25) is 4.79 Å². The molecule has 284 valence electrons. The van der Waals surface area contributed by atoms with E-state index in [9.17, 15) is 15.0 Å². The van der Waals surface area contributed by atoms with Gasteiger partial charge in [-0.1, -0.05) is 99.6 Å². The van der Waals surface area contributed by atoms with E-state index in [1.807, 2.05) is 26.0 Å². The number of aliphatic hydroxyl groups excluding tert-OH is 1. The Balaban J connectivity index is 2.14. The molecular formula is C40H74O7Si2. The maximum Gasteiger partial charge on any atom is 0.308 e. The third kappa shape index (κ3) is 12.8. The van der Waals surface area contributed by atoms with Crippen molar-refractivity contribution in [1.82, 2.24) is 0 Å². The molecule has 10 atom stereocenters. The minimum absolute atomic E-state index is 0.0347. The molecule has 2 aliphatic heterocycles. The zero-order valence-corrected chi connectivity index (χ0v) is 36.1. The molecule has 0 saturated carbocycles. The predicted molar refractivity (Wildman–Crippen MR) is 208 cm³/mol. The highest BCUT2D eigenvalue weighted by Crippen LogP contribution is 2.42. The van der Waals surface area contributed by atoms with Crippen LogP contribution in [0.5, 0.6) is 0 Å². The molecule has 7 nitrogen and oxygen atoms in total. The van der Waals surface area contributed by atoms with E-state index in [1.165, 1.54) is 0 Å². The van der Waals surface area contributed by atoms with Crippen molar-refractivity contribution < 1.29 is 33.3 Å². The molecule has 2 heterocycles. The normalized spacial score (nSPS) is 31.9. The van der Waals surface area contributed by atoms with E-state index >= 15 is 0 Å². The van der Waals surface area contributed by atoms with Crippen molar-refractivity contribution in [1.29, 1.82) is 0 Å². The molecule has 0 amide bonds. The first kappa shape index (κ1) is 44.1. The highest BCUT2D eigenvalue weighted by molar-refractivity contribution is 6.74. The molecular weight excluding hydrogens is 649 g/mol. The summed E-state index contributed by atoms with van der Waals surface area (Å²) in [5.74, 6) is 0.142. The molecule has 2 N–H and O–H groups in total. The van der Waals surface area contributed by atoms with E-state index in [2.05, 4.69) is 101 Å². The van der Waals surface area contributed by atoms with Crippen molar-refractivity contribution in [2.24, 2.45) is 17.8 Å². The van der Waals surface area contributed by atoms with Crippen LogP contribution >= 0.6 is 0 Å². The fraction of sp³-hybridized carbons (Fsp3) is 0.825. The van der Waals surface area contributed by atoms with Crippen LogP contribution < -0.4 is 0 Å². The second-order valence-corrected chi connectivity index (χ2v) is 28.0. The van der Waals surface area contributed by atoms with Gasteiger partial charge in [0.15, 0.2) is 16.6 Å². The molecule has 10 unspecified atom stereocenters. The van der Waals surface area contributed by atoms with Crippen LogP contribution in [0.25, 0.3) is 0 Å². The monoisotopic (exact) mass is 722 g/mol. The summed E-state index contributed by atoms with van der Waals surface area (Å²) >= 11 is 0. The first-order valence-electron chi connectivity index (χ1n) is 18.9. The van der Waals surface area contributed by atoms with Crippen molar-refractivity contribution in [3.8, 4) is 0 Å². The first-order chi connectivity index (χ1) is 22.2. The van der Waals surface area contributed by atoms with Crippen LogP contribution in [0.3, 0.4) is 0 Å². The lowest BCUT2D eigenvalue weighted by molar-refractivity contribution is -0.151. The molecule has 49 heavy (non-hydrogen) atoms. The van der Waals surface area contributed by atoms with E-state index in [4.69, 9.17) is 18.3 Å². The highest BCUT2D eigenvalue weighted by Gasteiger charge is 2.48. The Morgan fingerprint density at radius 1 is 1.08 bits per heavy atom. The zero-order chi connectivity index (χ0) is 37.8. The smallest absolute Gasteiger partial charge is 0.308 e. The zero-order valence-electron chi connectivity index (χ0n) is 34.1. The number of epoxide rings is 1. The van der Waals surface area contributed by atoms with Gasteiger partial charge in [-0.05, 0) is 87.3 Å².